The Morgan fingerprint density at radius 3 is 1.36 bits per heavy atom. The Bertz CT molecular complexity index is 3420. The lowest BCUT2D eigenvalue weighted by molar-refractivity contribution is 1.16. The smallest absolute Gasteiger partial charge is 0.0548 e. The van der Waals surface area contributed by atoms with Gasteiger partial charge in [0, 0.05) is 49.4 Å². The van der Waals surface area contributed by atoms with Crippen LogP contribution in [0.3, 0.4) is 0 Å². The maximum atomic E-state index is 2.46. The van der Waals surface area contributed by atoms with Crippen molar-refractivity contribution in [3.05, 3.63) is 200 Å². The summed E-state index contributed by atoms with van der Waals surface area (Å²) >= 11 is 0. The number of aromatic nitrogens is 3. The summed E-state index contributed by atoms with van der Waals surface area (Å²) in [5.74, 6) is 0. The van der Waals surface area contributed by atoms with Crippen LogP contribution in [0, 0.1) is 0 Å². The van der Waals surface area contributed by atoms with Gasteiger partial charge in [-0.25, -0.2) is 0 Å². The van der Waals surface area contributed by atoms with Crippen molar-refractivity contribution >= 4 is 76.2 Å². The number of fused-ring (bicyclic) bond motifs is 10. The van der Waals surface area contributed by atoms with Gasteiger partial charge in [-0.2, -0.15) is 0 Å². The Balaban J connectivity index is 1.18. The summed E-state index contributed by atoms with van der Waals surface area (Å²) in [6.45, 7) is 0. The van der Waals surface area contributed by atoms with Crippen LogP contribution in [-0.2, 0) is 0 Å². The monoisotopic (exact) mass is 699 g/mol. The first-order chi connectivity index (χ1) is 27.3. The lowest BCUT2D eigenvalue weighted by Gasteiger charge is -2.10. The minimum absolute atomic E-state index is 1.15. The van der Waals surface area contributed by atoms with Crippen molar-refractivity contribution in [1.29, 1.82) is 0 Å². The highest BCUT2D eigenvalue weighted by molar-refractivity contribution is 6.20. The van der Waals surface area contributed by atoms with Gasteiger partial charge in [-0.1, -0.05) is 121 Å². The molecule has 0 aliphatic rings. The van der Waals surface area contributed by atoms with Crippen LogP contribution in [0.5, 0.6) is 0 Å². The van der Waals surface area contributed by atoms with E-state index in [2.05, 4.69) is 214 Å². The number of nitrogens with zero attached hydrogens (tertiary/aromatic N) is 3. The van der Waals surface area contributed by atoms with Crippen LogP contribution in [-0.4, -0.2) is 13.7 Å². The van der Waals surface area contributed by atoms with E-state index in [0.717, 1.165) is 17.1 Å². The summed E-state index contributed by atoms with van der Waals surface area (Å²) in [5.41, 5.74) is 13.1. The van der Waals surface area contributed by atoms with Crippen molar-refractivity contribution in [3.63, 3.8) is 0 Å². The molecule has 3 heterocycles. The van der Waals surface area contributed by atoms with Gasteiger partial charge in [-0.05, 0) is 101 Å². The summed E-state index contributed by atoms with van der Waals surface area (Å²) in [7, 11) is 0. The Kier molecular flexibility index (Phi) is 6.34. The zero-order valence-electron chi connectivity index (χ0n) is 29.9. The van der Waals surface area contributed by atoms with Crippen molar-refractivity contribution in [2.75, 3.05) is 0 Å². The molecule has 0 atom stereocenters. The molecule has 0 aliphatic heterocycles. The van der Waals surface area contributed by atoms with Crippen LogP contribution in [0.15, 0.2) is 200 Å². The Morgan fingerprint density at radius 1 is 0.218 bits per heavy atom. The molecular weight excluding hydrogens is 667 g/mol. The molecule has 0 N–H and O–H groups in total. The number of hydrogen-bond donors (Lipinski definition) is 0. The molecule has 0 fully saturated rings. The molecule has 0 unspecified atom stereocenters. The highest BCUT2D eigenvalue weighted by atomic mass is 15.0. The zero-order chi connectivity index (χ0) is 36.0. The van der Waals surface area contributed by atoms with Gasteiger partial charge in [0.05, 0.1) is 33.1 Å². The van der Waals surface area contributed by atoms with Crippen molar-refractivity contribution < 1.29 is 0 Å². The van der Waals surface area contributed by atoms with Crippen molar-refractivity contribution in [2.45, 2.75) is 0 Å². The molecule has 0 saturated carbocycles. The van der Waals surface area contributed by atoms with E-state index in [-0.39, 0.29) is 0 Å². The lowest BCUT2D eigenvalue weighted by Crippen LogP contribution is -1.95. The van der Waals surface area contributed by atoms with E-state index in [4.69, 9.17) is 0 Å². The summed E-state index contributed by atoms with van der Waals surface area (Å²) < 4.78 is 7.32. The SMILES string of the molecule is c1ccc(-n2c3ccc(-n4c5ccccc5c5ccccc54)cc3c3cc4c(cc32)c2ccc(-c3ccc5ccccc5c3)cc2n4-c2ccccc2)cc1. The molecule has 0 amide bonds. The van der Waals surface area contributed by atoms with Gasteiger partial charge in [0.25, 0.3) is 0 Å². The average molecular weight is 700 g/mol. The highest BCUT2D eigenvalue weighted by Crippen LogP contribution is 2.42. The summed E-state index contributed by atoms with van der Waals surface area (Å²) in [6, 6.07) is 73.3. The number of benzene rings is 9. The molecule has 3 nitrogen and oxygen atoms in total. The second kappa shape index (κ2) is 11.6. The fraction of sp³-hybridized carbons (Fsp3) is 0. The third-order valence-corrected chi connectivity index (χ3v) is 11.6. The first-order valence-electron chi connectivity index (χ1n) is 18.9. The Morgan fingerprint density at radius 2 is 0.673 bits per heavy atom. The zero-order valence-corrected chi connectivity index (χ0v) is 29.9. The quantitative estimate of drug-likeness (QED) is 0.174. The van der Waals surface area contributed by atoms with E-state index in [1.807, 2.05) is 0 Å². The fourth-order valence-corrected chi connectivity index (χ4v) is 9.12. The average Bonchev–Trinajstić information content (AvgIpc) is 3.88. The van der Waals surface area contributed by atoms with E-state index in [1.165, 1.54) is 87.3 Å². The number of para-hydroxylation sites is 4. The van der Waals surface area contributed by atoms with Gasteiger partial charge in [0.2, 0.25) is 0 Å². The molecule has 0 saturated heterocycles. The van der Waals surface area contributed by atoms with Crippen LogP contribution < -0.4 is 0 Å². The maximum Gasteiger partial charge on any atom is 0.0548 e. The normalized spacial score (nSPS) is 12.0. The topological polar surface area (TPSA) is 14.8 Å². The largest absolute Gasteiger partial charge is 0.309 e. The second-order valence-electron chi connectivity index (χ2n) is 14.6. The predicted molar refractivity (Wildman–Crippen MR) is 232 cm³/mol. The van der Waals surface area contributed by atoms with Gasteiger partial charge in [0.15, 0.2) is 0 Å². The standard InChI is InChI=1S/C52H33N3/c1-3-15-38(16-4-1)53-49-28-26-40(55-47-21-11-9-19-41(47)42-20-10-12-22-48(42)55)31-44(49)46-33-51-45(32-52(46)53)43-27-25-37(30-50(43)54(51)39-17-5-2-6-18-39)36-24-23-34-13-7-8-14-35(34)29-36/h1-33H. The summed E-state index contributed by atoms with van der Waals surface area (Å²) in [4.78, 5) is 0. The molecule has 12 rings (SSSR count). The first-order valence-corrected chi connectivity index (χ1v) is 18.9. The van der Waals surface area contributed by atoms with Crippen molar-refractivity contribution in [2.24, 2.45) is 0 Å². The van der Waals surface area contributed by atoms with Gasteiger partial charge >= 0.3 is 0 Å². The van der Waals surface area contributed by atoms with E-state index < -0.39 is 0 Å². The maximum absolute atomic E-state index is 2.46. The fourth-order valence-electron chi connectivity index (χ4n) is 9.12. The second-order valence-corrected chi connectivity index (χ2v) is 14.6. The van der Waals surface area contributed by atoms with E-state index in [1.54, 1.807) is 0 Å². The van der Waals surface area contributed by atoms with Gasteiger partial charge in [-0.15, -0.1) is 0 Å². The van der Waals surface area contributed by atoms with E-state index >= 15 is 0 Å². The summed E-state index contributed by atoms with van der Waals surface area (Å²) in [5, 5.41) is 9.96. The van der Waals surface area contributed by atoms with Gasteiger partial charge < -0.3 is 13.7 Å². The minimum Gasteiger partial charge on any atom is -0.309 e. The molecule has 0 radical (unpaired) electrons. The number of rotatable bonds is 4. The van der Waals surface area contributed by atoms with Crippen molar-refractivity contribution in [3.8, 4) is 28.2 Å². The lowest BCUT2D eigenvalue weighted by atomic mass is 10.00. The van der Waals surface area contributed by atoms with Crippen LogP contribution in [0.25, 0.3) is 104 Å². The third kappa shape index (κ3) is 4.44. The predicted octanol–water partition coefficient (Wildman–Crippen LogP) is 13.8. The van der Waals surface area contributed by atoms with Gasteiger partial charge in [0.1, 0.15) is 0 Å². The van der Waals surface area contributed by atoms with Crippen molar-refractivity contribution in [1.82, 2.24) is 13.7 Å². The molecule has 256 valence electrons. The van der Waals surface area contributed by atoms with Crippen LogP contribution in [0.1, 0.15) is 0 Å². The number of hydrogen-bond acceptors (Lipinski definition) is 0. The molecule has 3 aromatic heterocycles. The Labute approximate surface area is 317 Å². The Hall–Kier alpha value is -7.36. The molecule has 12 aromatic rings. The van der Waals surface area contributed by atoms with Crippen LogP contribution in [0.4, 0.5) is 0 Å². The molecule has 55 heavy (non-hydrogen) atoms. The minimum atomic E-state index is 1.15. The highest BCUT2D eigenvalue weighted by Gasteiger charge is 2.20. The molecular formula is C52H33N3. The van der Waals surface area contributed by atoms with E-state index in [9.17, 15) is 0 Å². The molecule has 3 heteroatoms. The van der Waals surface area contributed by atoms with Crippen LogP contribution >= 0.6 is 0 Å². The summed E-state index contributed by atoms with van der Waals surface area (Å²) in [6.07, 6.45) is 0. The molecule has 0 spiro atoms. The van der Waals surface area contributed by atoms with Crippen LogP contribution in [0.2, 0.25) is 0 Å². The van der Waals surface area contributed by atoms with E-state index in [0.29, 0.717) is 0 Å². The molecule has 9 aromatic carbocycles. The molecule has 0 aliphatic carbocycles. The third-order valence-electron chi connectivity index (χ3n) is 11.6. The first kappa shape index (κ1) is 30.1. The molecule has 0 bridgehead atoms. The van der Waals surface area contributed by atoms with Gasteiger partial charge in [-0.3, -0.25) is 0 Å².